The Morgan fingerprint density at radius 2 is 2.12 bits per heavy atom. The second kappa shape index (κ2) is 5.72. The van der Waals surface area contributed by atoms with Gasteiger partial charge >= 0.3 is 0 Å². The summed E-state index contributed by atoms with van der Waals surface area (Å²) in [5, 5.41) is 2.11. The maximum Gasteiger partial charge on any atom is 0.115 e. The molecule has 0 aromatic carbocycles. The molecular weight excluding hydrogens is 218 g/mol. The van der Waals surface area contributed by atoms with Crippen molar-refractivity contribution >= 4 is 11.3 Å². The second-order valence-electron chi connectivity index (χ2n) is 3.75. The minimum Gasteiger partial charge on any atom is -0.324 e. The van der Waals surface area contributed by atoms with E-state index < -0.39 is 0 Å². The Morgan fingerprint density at radius 3 is 2.81 bits per heavy atom. The third-order valence-corrected chi connectivity index (χ3v) is 3.46. The van der Waals surface area contributed by atoms with Gasteiger partial charge in [0.05, 0.1) is 0 Å². The summed E-state index contributed by atoms with van der Waals surface area (Å²) < 4.78 is 0. The van der Waals surface area contributed by atoms with E-state index in [4.69, 9.17) is 5.73 Å². The summed E-state index contributed by atoms with van der Waals surface area (Å²) >= 11 is 1.80. The summed E-state index contributed by atoms with van der Waals surface area (Å²) in [6.45, 7) is 0. The maximum atomic E-state index is 6.06. The summed E-state index contributed by atoms with van der Waals surface area (Å²) in [4.78, 5) is 9.38. The Labute approximate surface area is 99.4 Å². The van der Waals surface area contributed by atoms with Gasteiger partial charge < -0.3 is 5.73 Å². The van der Waals surface area contributed by atoms with Crippen LogP contribution in [0.5, 0.6) is 0 Å². The predicted octanol–water partition coefficient (Wildman–Crippen LogP) is 2.56. The van der Waals surface area contributed by atoms with Crippen LogP contribution in [0.15, 0.2) is 36.2 Å². The first-order valence-corrected chi connectivity index (χ1v) is 6.27. The Balaban J connectivity index is 1.78. The first-order chi connectivity index (χ1) is 7.86. The highest BCUT2D eigenvalue weighted by molar-refractivity contribution is 7.09. The number of rotatable bonds is 5. The number of aryl methyl sites for hydroxylation is 1. The van der Waals surface area contributed by atoms with Crippen LogP contribution in [-0.4, -0.2) is 9.97 Å². The van der Waals surface area contributed by atoms with Gasteiger partial charge in [-0.25, -0.2) is 9.97 Å². The van der Waals surface area contributed by atoms with E-state index >= 15 is 0 Å². The van der Waals surface area contributed by atoms with Crippen molar-refractivity contribution < 1.29 is 0 Å². The topological polar surface area (TPSA) is 51.8 Å². The van der Waals surface area contributed by atoms with Crippen molar-refractivity contribution in [3.05, 3.63) is 46.7 Å². The van der Waals surface area contributed by atoms with Crippen LogP contribution in [0.2, 0.25) is 0 Å². The van der Waals surface area contributed by atoms with Gasteiger partial charge in [-0.15, -0.1) is 11.3 Å². The molecule has 1 unspecified atom stereocenters. The maximum absolute atomic E-state index is 6.06. The number of nitrogens with zero attached hydrogens (tertiary/aromatic N) is 2. The quantitative estimate of drug-likeness (QED) is 0.863. The molecule has 2 rings (SSSR count). The average Bonchev–Trinajstić information content (AvgIpc) is 2.83. The fourth-order valence-corrected chi connectivity index (χ4v) is 2.37. The molecule has 3 nitrogen and oxygen atoms in total. The van der Waals surface area contributed by atoms with Gasteiger partial charge in [0.2, 0.25) is 0 Å². The fraction of sp³-hybridized carbons (Fsp3) is 0.333. The van der Waals surface area contributed by atoms with Crippen LogP contribution < -0.4 is 5.73 Å². The average molecular weight is 233 g/mol. The molecule has 84 valence electrons. The first kappa shape index (κ1) is 11.2. The number of aromatic nitrogens is 2. The van der Waals surface area contributed by atoms with Crippen molar-refractivity contribution in [2.75, 3.05) is 0 Å². The molecule has 0 spiro atoms. The van der Waals surface area contributed by atoms with E-state index in [0.717, 1.165) is 24.8 Å². The van der Waals surface area contributed by atoms with Crippen LogP contribution in [0.3, 0.4) is 0 Å². The molecule has 16 heavy (non-hydrogen) atoms. The third-order valence-electron chi connectivity index (χ3n) is 2.53. The molecule has 0 aliphatic rings. The summed E-state index contributed by atoms with van der Waals surface area (Å²) in [6.07, 6.45) is 8.31. The first-order valence-electron chi connectivity index (χ1n) is 5.39. The van der Waals surface area contributed by atoms with E-state index in [1.807, 2.05) is 0 Å². The molecule has 2 heterocycles. The van der Waals surface area contributed by atoms with E-state index in [1.54, 1.807) is 23.7 Å². The Morgan fingerprint density at radius 1 is 1.31 bits per heavy atom. The normalized spacial score (nSPS) is 12.6. The monoisotopic (exact) mass is 233 g/mol. The highest BCUT2D eigenvalue weighted by Crippen LogP contribution is 2.17. The van der Waals surface area contributed by atoms with Crippen molar-refractivity contribution in [1.29, 1.82) is 0 Å². The molecule has 4 heteroatoms. The molecule has 0 aliphatic carbocycles. The van der Waals surface area contributed by atoms with E-state index in [1.165, 1.54) is 11.2 Å². The highest BCUT2D eigenvalue weighted by Gasteiger charge is 2.06. The zero-order valence-electron chi connectivity index (χ0n) is 9.04. The molecule has 0 aliphatic heterocycles. The van der Waals surface area contributed by atoms with Gasteiger partial charge in [0.1, 0.15) is 6.33 Å². The van der Waals surface area contributed by atoms with Gasteiger partial charge in [0.15, 0.2) is 0 Å². The molecule has 0 bridgehead atoms. The lowest BCUT2D eigenvalue weighted by Gasteiger charge is -2.09. The second-order valence-corrected chi connectivity index (χ2v) is 4.78. The lowest BCUT2D eigenvalue weighted by Crippen LogP contribution is -2.11. The summed E-state index contributed by atoms with van der Waals surface area (Å²) in [5.74, 6) is 0. The molecule has 0 amide bonds. The zero-order valence-corrected chi connectivity index (χ0v) is 9.86. The SMILES string of the molecule is NC(CCCc1cccs1)c1cncnc1. The molecule has 2 N–H and O–H groups in total. The van der Waals surface area contributed by atoms with Gasteiger partial charge in [-0.05, 0) is 30.7 Å². The Bertz CT molecular complexity index is 399. The highest BCUT2D eigenvalue weighted by atomic mass is 32.1. The van der Waals surface area contributed by atoms with E-state index in [9.17, 15) is 0 Å². The van der Waals surface area contributed by atoms with Crippen LogP contribution in [0, 0.1) is 0 Å². The predicted molar refractivity (Wildman–Crippen MR) is 66.2 cm³/mol. The largest absolute Gasteiger partial charge is 0.324 e. The minimum atomic E-state index is 0.0566. The molecule has 0 fully saturated rings. The van der Waals surface area contributed by atoms with E-state index in [0.29, 0.717) is 0 Å². The van der Waals surface area contributed by atoms with Crippen molar-refractivity contribution in [2.24, 2.45) is 5.73 Å². The van der Waals surface area contributed by atoms with Gasteiger partial charge in [0, 0.05) is 28.9 Å². The molecule has 0 radical (unpaired) electrons. The molecule has 1 atom stereocenters. The van der Waals surface area contributed by atoms with Crippen molar-refractivity contribution in [2.45, 2.75) is 25.3 Å². The number of nitrogens with two attached hydrogens (primary N) is 1. The third kappa shape index (κ3) is 3.12. The molecular formula is C12H15N3S. The smallest absolute Gasteiger partial charge is 0.115 e. The number of hydrogen-bond acceptors (Lipinski definition) is 4. The van der Waals surface area contributed by atoms with E-state index in [2.05, 4.69) is 27.5 Å². The van der Waals surface area contributed by atoms with Crippen LogP contribution in [0.4, 0.5) is 0 Å². The minimum absolute atomic E-state index is 0.0566. The zero-order chi connectivity index (χ0) is 11.2. The van der Waals surface area contributed by atoms with Crippen molar-refractivity contribution in [1.82, 2.24) is 9.97 Å². The fourth-order valence-electron chi connectivity index (χ4n) is 1.62. The van der Waals surface area contributed by atoms with E-state index in [-0.39, 0.29) is 6.04 Å². The molecule has 2 aromatic heterocycles. The summed E-state index contributed by atoms with van der Waals surface area (Å²) in [6, 6.07) is 4.31. The van der Waals surface area contributed by atoms with Gasteiger partial charge in [-0.3, -0.25) is 0 Å². The molecule has 0 saturated heterocycles. The van der Waals surface area contributed by atoms with Crippen LogP contribution >= 0.6 is 11.3 Å². The Kier molecular flexibility index (Phi) is 4.02. The van der Waals surface area contributed by atoms with Crippen LogP contribution in [0.1, 0.15) is 29.3 Å². The van der Waals surface area contributed by atoms with Gasteiger partial charge in [0.25, 0.3) is 0 Å². The lowest BCUT2D eigenvalue weighted by molar-refractivity contribution is 0.609. The Hall–Kier alpha value is -1.26. The van der Waals surface area contributed by atoms with Crippen LogP contribution in [-0.2, 0) is 6.42 Å². The van der Waals surface area contributed by atoms with Crippen molar-refractivity contribution in [3.63, 3.8) is 0 Å². The van der Waals surface area contributed by atoms with Gasteiger partial charge in [-0.2, -0.15) is 0 Å². The summed E-state index contributed by atoms with van der Waals surface area (Å²) in [5.41, 5.74) is 7.08. The van der Waals surface area contributed by atoms with Gasteiger partial charge in [-0.1, -0.05) is 6.07 Å². The summed E-state index contributed by atoms with van der Waals surface area (Å²) in [7, 11) is 0. The number of hydrogen-bond donors (Lipinski definition) is 1. The van der Waals surface area contributed by atoms with Crippen molar-refractivity contribution in [3.8, 4) is 0 Å². The number of thiophene rings is 1. The lowest BCUT2D eigenvalue weighted by atomic mass is 10.0. The standard InChI is InChI=1S/C12H15N3S/c13-12(10-7-14-9-15-8-10)5-1-3-11-4-2-6-16-11/h2,4,6-9,12H,1,3,5,13H2. The van der Waals surface area contributed by atoms with Crippen LogP contribution in [0.25, 0.3) is 0 Å². The molecule has 2 aromatic rings. The molecule has 0 saturated carbocycles.